The first-order chi connectivity index (χ1) is 10.6. The molecule has 0 fully saturated rings. The van der Waals surface area contributed by atoms with Gasteiger partial charge in [0.2, 0.25) is 5.91 Å². The van der Waals surface area contributed by atoms with Gasteiger partial charge >= 0.3 is 0 Å². The maximum atomic E-state index is 11.9. The lowest BCUT2D eigenvalue weighted by molar-refractivity contribution is -0.122. The zero-order chi connectivity index (χ0) is 15.8. The van der Waals surface area contributed by atoms with Crippen LogP contribution in [-0.4, -0.2) is 23.5 Å². The van der Waals surface area contributed by atoms with Crippen LogP contribution >= 0.6 is 36.2 Å². The Hall–Kier alpha value is -1.14. The summed E-state index contributed by atoms with van der Waals surface area (Å²) >= 11 is 1.70. The molecule has 0 aliphatic rings. The Morgan fingerprint density at radius 3 is 2.58 bits per heavy atom. The first-order valence-electron chi connectivity index (χ1n) is 7.63. The molecule has 0 saturated heterocycles. The average molecular weight is 390 g/mol. The zero-order valence-corrected chi connectivity index (χ0v) is 16.2. The van der Waals surface area contributed by atoms with Crippen molar-refractivity contribution in [2.45, 2.75) is 38.6 Å². The minimum atomic E-state index is -0.482. The van der Waals surface area contributed by atoms with E-state index in [4.69, 9.17) is 5.73 Å². The number of hydrogen-bond donors (Lipinski definition) is 2. The van der Waals surface area contributed by atoms with E-state index in [1.807, 2.05) is 37.3 Å². The van der Waals surface area contributed by atoms with Gasteiger partial charge in [-0.25, -0.2) is 4.98 Å². The Morgan fingerprint density at radius 2 is 1.96 bits per heavy atom. The van der Waals surface area contributed by atoms with E-state index in [9.17, 15) is 4.79 Å². The predicted molar refractivity (Wildman–Crippen MR) is 105 cm³/mol. The molecule has 2 rings (SSSR count). The molecule has 2 aromatic rings. The fraction of sp³-hybridized carbons (Fsp3) is 0.412. The van der Waals surface area contributed by atoms with Crippen molar-refractivity contribution in [1.82, 2.24) is 10.3 Å². The van der Waals surface area contributed by atoms with Gasteiger partial charge in [-0.05, 0) is 38.2 Å². The Morgan fingerprint density at radius 1 is 1.25 bits per heavy atom. The number of nitrogens with two attached hydrogens (primary N) is 1. The third-order valence-corrected chi connectivity index (χ3v) is 4.44. The van der Waals surface area contributed by atoms with Gasteiger partial charge in [0, 0.05) is 17.6 Å². The summed E-state index contributed by atoms with van der Waals surface area (Å²) < 4.78 is 0. The van der Waals surface area contributed by atoms with Crippen LogP contribution in [0.2, 0.25) is 0 Å². The van der Waals surface area contributed by atoms with Crippen LogP contribution in [0.5, 0.6) is 0 Å². The SMILES string of the molecule is Cc1csc(CCCCNC(=O)C(N)Cc2ccccc2)n1.Cl.Cl. The van der Waals surface area contributed by atoms with Crippen molar-refractivity contribution in [3.63, 3.8) is 0 Å². The molecule has 1 aromatic heterocycles. The molecule has 1 heterocycles. The van der Waals surface area contributed by atoms with Gasteiger partial charge in [-0.2, -0.15) is 0 Å². The van der Waals surface area contributed by atoms with Crippen molar-refractivity contribution in [2.75, 3.05) is 6.54 Å². The second-order valence-electron chi connectivity index (χ2n) is 5.43. The quantitative estimate of drug-likeness (QED) is 0.680. The van der Waals surface area contributed by atoms with E-state index in [0.29, 0.717) is 13.0 Å². The molecule has 0 saturated carbocycles. The van der Waals surface area contributed by atoms with Gasteiger partial charge in [0.25, 0.3) is 0 Å². The van der Waals surface area contributed by atoms with E-state index in [0.717, 1.165) is 30.5 Å². The number of halogens is 2. The summed E-state index contributed by atoms with van der Waals surface area (Å²) in [5.41, 5.74) is 8.11. The highest BCUT2D eigenvalue weighted by Gasteiger charge is 2.13. The van der Waals surface area contributed by atoms with E-state index in [1.54, 1.807) is 11.3 Å². The number of hydrogen-bond acceptors (Lipinski definition) is 4. The van der Waals surface area contributed by atoms with Crippen LogP contribution in [0.15, 0.2) is 35.7 Å². The van der Waals surface area contributed by atoms with Crippen LogP contribution < -0.4 is 11.1 Å². The lowest BCUT2D eigenvalue weighted by Gasteiger charge is -2.12. The molecule has 7 heteroatoms. The normalized spacial score (nSPS) is 11.1. The first kappa shape index (κ1) is 22.9. The summed E-state index contributed by atoms with van der Waals surface area (Å²) in [7, 11) is 0. The average Bonchev–Trinajstić information content (AvgIpc) is 2.93. The molecule has 4 nitrogen and oxygen atoms in total. The van der Waals surface area contributed by atoms with Crippen molar-refractivity contribution in [3.05, 3.63) is 52.0 Å². The molecule has 24 heavy (non-hydrogen) atoms. The van der Waals surface area contributed by atoms with Crippen molar-refractivity contribution >= 4 is 42.1 Å². The molecule has 0 spiro atoms. The van der Waals surface area contributed by atoms with E-state index in [2.05, 4.69) is 15.7 Å². The van der Waals surface area contributed by atoms with Crippen LogP contribution in [0.1, 0.15) is 29.1 Å². The van der Waals surface area contributed by atoms with Gasteiger partial charge in [-0.3, -0.25) is 4.79 Å². The Bertz CT molecular complexity index is 593. The number of benzene rings is 1. The second-order valence-corrected chi connectivity index (χ2v) is 6.37. The molecule has 1 atom stereocenters. The standard InChI is InChI=1S/C17H23N3OS.2ClH/c1-13-12-22-16(20-13)9-5-6-10-19-17(21)15(18)11-14-7-3-2-4-8-14;;/h2-4,7-8,12,15H,5-6,9-11,18H2,1H3,(H,19,21);2*1H. The summed E-state index contributed by atoms with van der Waals surface area (Å²) in [5, 5.41) is 6.15. The number of carbonyl (C=O) groups is 1. The second kappa shape index (κ2) is 12.3. The van der Waals surface area contributed by atoms with Crippen molar-refractivity contribution in [1.29, 1.82) is 0 Å². The molecule has 1 aromatic carbocycles. The number of aryl methyl sites for hydroxylation is 2. The Labute approximate surface area is 160 Å². The van der Waals surface area contributed by atoms with Crippen LogP contribution in [0.25, 0.3) is 0 Å². The minimum absolute atomic E-state index is 0. The van der Waals surface area contributed by atoms with Crippen LogP contribution in [0.3, 0.4) is 0 Å². The predicted octanol–water partition coefficient (Wildman–Crippen LogP) is 3.30. The number of amides is 1. The molecule has 0 aliphatic heterocycles. The first-order valence-corrected chi connectivity index (χ1v) is 8.51. The molecule has 1 amide bonds. The van der Waals surface area contributed by atoms with Gasteiger partial charge < -0.3 is 11.1 Å². The van der Waals surface area contributed by atoms with E-state index in [-0.39, 0.29) is 30.7 Å². The topological polar surface area (TPSA) is 68.0 Å². The van der Waals surface area contributed by atoms with Gasteiger partial charge in [-0.15, -0.1) is 36.2 Å². The number of nitrogens with one attached hydrogen (secondary N) is 1. The minimum Gasteiger partial charge on any atom is -0.355 e. The molecule has 3 N–H and O–H groups in total. The smallest absolute Gasteiger partial charge is 0.237 e. The van der Waals surface area contributed by atoms with Gasteiger partial charge in [0.1, 0.15) is 0 Å². The third kappa shape index (κ3) is 8.11. The van der Waals surface area contributed by atoms with Gasteiger partial charge in [-0.1, -0.05) is 30.3 Å². The highest BCUT2D eigenvalue weighted by molar-refractivity contribution is 7.09. The monoisotopic (exact) mass is 389 g/mol. The van der Waals surface area contributed by atoms with Gasteiger partial charge in [0.05, 0.1) is 11.0 Å². The molecular weight excluding hydrogens is 365 g/mol. The van der Waals surface area contributed by atoms with E-state index in [1.165, 1.54) is 5.01 Å². The largest absolute Gasteiger partial charge is 0.355 e. The summed E-state index contributed by atoms with van der Waals surface area (Å²) in [6.07, 6.45) is 3.53. The molecular formula is C17H25Cl2N3OS. The lowest BCUT2D eigenvalue weighted by atomic mass is 10.1. The fourth-order valence-corrected chi connectivity index (χ4v) is 3.04. The number of unbranched alkanes of at least 4 members (excludes halogenated alkanes) is 1. The summed E-state index contributed by atoms with van der Waals surface area (Å²) in [5.74, 6) is -0.0750. The molecule has 1 unspecified atom stereocenters. The summed E-state index contributed by atoms with van der Waals surface area (Å²) in [6.45, 7) is 2.68. The highest BCUT2D eigenvalue weighted by Crippen LogP contribution is 2.11. The van der Waals surface area contributed by atoms with Crippen LogP contribution in [0.4, 0.5) is 0 Å². The molecule has 0 radical (unpaired) electrons. The molecule has 134 valence electrons. The maximum absolute atomic E-state index is 11.9. The lowest BCUT2D eigenvalue weighted by Crippen LogP contribution is -2.42. The summed E-state index contributed by atoms with van der Waals surface area (Å²) in [6, 6.07) is 9.37. The molecule has 0 bridgehead atoms. The number of carbonyl (C=O) groups excluding carboxylic acids is 1. The number of aromatic nitrogens is 1. The van der Waals surface area contributed by atoms with E-state index < -0.39 is 6.04 Å². The van der Waals surface area contributed by atoms with E-state index >= 15 is 0 Å². The Kier molecular flexibility index (Phi) is 11.7. The number of rotatable bonds is 8. The molecule has 0 aliphatic carbocycles. The van der Waals surface area contributed by atoms with Crippen molar-refractivity contribution in [3.8, 4) is 0 Å². The maximum Gasteiger partial charge on any atom is 0.237 e. The number of thiazole rings is 1. The number of nitrogens with zero attached hydrogens (tertiary/aromatic N) is 1. The zero-order valence-electron chi connectivity index (χ0n) is 13.7. The highest BCUT2D eigenvalue weighted by atomic mass is 35.5. The van der Waals surface area contributed by atoms with Crippen molar-refractivity contribution < 1.29 is 4.79 Å². The Balaban J connectivity index is 0.00000264. The third-order valence-electron chi connectivity index (χ3n) is 3.42. The van der Waals surface area contributed by atoms with Crippen LogP contribution in [-0.2, 0) is 17.6 Å². The van der Waals surface area contributed by atoms with Crippen molar-refractivity contribution in [2.24, 2.45) is 5.73 Å². The summed E-state index contributed by atoms with van der Waals surface area (Å²) in [4.78, 5) is 16.4. The fourth-order valence-electron chi connectivity index (χ4n) is 2.22. The van der Waals surface area contributed by atoms with Crippen LogP contribution in [0, 0.1) is 6.92 Å². The van der Waals surface area contributed by atoms with Gasteiger partial charge in [0.15, 0.2) is 0 Å².